The van der Waals surface area contributed by atoms with Crippen molar-refractivity contribution in [3.63, 3.8) is 0 Å². The smallest absolute Gasteiger partial charge is 0.276 e. The van der Waals surface area contributed by atoms with E-state index in [9.17, 15) is 4.79 Å². The number of aryl methyl sites for hydroxylation is 1. The molecule has 2 heterocycles. The molecular weight excluding hydrogens is 244 g/mol. The van der Waals surface area contributed by atoms with Crippen LogP contribution in [-0.4, -0.2) is 41.3 Å². The predicted molar refractivity (Wildman–Crippen MR) is 68.9 cm³/mol. The fourth-order valence-electron chi connectivity index (χ4n) is 2.86. The quantitative estimate of drug-likeness (QED) is 0.836. The third kappa shape index (κ3) is 2.16. The van der Waals surface area contributed by atoms with Gasteiger partial charge in [0.2, 0.25) is 0 Å². The summed E-state index contributed by atoms with van der Waals surface area (Å²) in [5.74, 6) is 1.29. The number of carbonyl (C=O) groups is 1. The molecule has 5 heteroatoms. The number of ether oxygens (including phenoxy) is 1. The Labute approximate surface area is 112 Å². The summed E-state index contributed by atoms with van der Waals surface area (Å²) in [7, 11) is 0. The number of hydrogen-bond acceptors (Lipinski definition) is 4. The highest BCUT2D eigenvalue weighted by Gasteiger charge is 2.49. The minimum Gasteiger partial charge on any atom is -0.377 e. The molecular formula is C14H20N2O3. The topological polar surface area (TPSA) is 55.6 Å². The number of aromatic nitrogens is 1. The van der Waals surface area contributed by atoms with Crippen molar-refractivity contribution in [2.24, 2.45) is 5.92 Å². The van der Waals surface area contributed by atoms with Crippen LogP contribution in [0.1, 0.15) is 42.9 Å². The summed E-state index contributed by atoms with van der Waals surface area (Å²) >= 11 is 0. The second-order valence-electron chi connectivity index (χ2n) is 5.67. The number of hydrogen-bond donors (Lipinski definition) is 0. The average molecular weight is 264 g/mol. The third-order valence-electron chi connectivity index (χ3n) is 4.30. The number of nitrogens with zero attached hydrogens (tertiary/aromatic N) is 2. The lowest BCUT2D eigenvalue weighted by molar-refractivity contribution is -0.0551. The van der Waals surface area contributed by atoms with Crippen molar-refractivity contribution in [1.82, 2.24) is 10.1 Å². The first-order valence-corrected chi connectivity index (χ1v) is 7.00. The Hall–Kier alpha value is -1.36. The molecule has 0 bridgehead atoms. The molecule has 1 atom stereocenters. The van der Waals surface area contributed by atoms with Gasteiger partial charge < -0.3 is 14.2 Å². The molecule has 0 spiro atoms. The molecule has 19 heavy (non-hydrogen) atoms. The molecule has 2 aliphatic rings. The van der Waals surface area contributed by atoms with Gasteiger partial charge in [0.25, 0.3) is 5.91 Å². The zero-order valence-corrected chi connectivity index (χ0v) is 11.5. The molecule has 1 unspecified atom stereocenters. The van der Waals surface area contributed by atoms with Gasteiger partial charge in [0.05, 0.1) is 18.8 Å². The maximum Gasteiger partial charge on any atom is 0.276 e. The molecule has 1 aliphatic heterocycles. The molecule has 1 aromatic heterocycles. The van der Waals surface area contributed by atoms with Crippen LogP contribution in [0.25, 0.3) is 0 Å². The van der Waals surface area contributed by atoms with Crippen LogP contribution in [0, 0.1) is 5.92 Å². The van der Waals surface area contributed by atoms with Crippen LogP contribution in [-0.2, 0) is 11.2 Å². The van der Waals surface area contributed by atoms with Crippen molar-refractivity contribution in [3.05, 3.63) is 17.5 Å². The molecule has 1 aromatic rings. The molecule has 1 saturated carbocycles. The van der Waals surface area contributed by atoms with Gasteiger partial charge in [-0.25, -0.2) is 0 Å². The lowest BCUT2D eigenvalue weighted by atomic mass is 9.92. The highest BCUT2D eigenvalue weighted by Crippen LogP contribution is 2.44. The Morgan fingerprint density at radius 3 is 3.00 bits per heavy atom. The third-order valence-corrected chi connectivity index (χ3v) is 4.30. The van der Waals surface area contributed by atoms with E-state index in [0.29, 0.717) is 31.4 Å². The Morgan fingerprint density at radius 2 is 2.37 bits per heavy atom. The van der Waals surface area contributed by atoms with Crippen LogP contribution >= 0.6 is 0 Å². The molecule has 0 N–H and O–H groups in total. The highest BCUT2D eigenvalue weighted by molar-refractivity contribution is 5.93. The monoisotopic (exact) mass is 264 g/mol. The van der Waals surface area contributed by atoms with E-state index in [1.54, 1.807) is 6.07 Å². The number of amides is 1. The van der Waals surface area contributed by atoms with E-state index in [4.69, 9.17) is 9.26 Å². The Morgan fingerprint density at radius 1 is 1.58 bits per heavy atom. The molecule has 1 amide bonds. The Balaban J connectivity index is 1.84. The molecule has 5 nitrogen and oxygen atoms in total. The van der Waals surface area contributed by atoms with Crippen molar-refractivity contribution in [2.45, 2.75) is 38.6 Å². The first-order chi connectivity index (χ1) is 9.15. The first kappa shape index (κ1) is 12.7. The van der Waals surface area contributed by atoms with E-state index in [-0.39, 0.29) is 11.4 Å². The van der Waals surface area contributed by atoms with E-state index in [1.807, 2.05) is 11.8 Å². The van der Waals surface area contributed by atoms with E-state index in [2.05, 4.69) is 12.1 Å². The molecule has 104 valence electrons. The lowest BCUT2D eigenvalue weighted by Crippen LogP contribution is -2.58. The zero-order chi connectivity index (χ0) is 13.5. The Kier molecular flexibility index (Phi) is 3.09. The lowest BCUT2D eigenvalue weighted by Gasteiger charge is -2.44. The highest BCUT2D eigenvalue weighted by atomic mass is 16.5. The van der Waals surface area contributed by atoms with Crippen LogP contribution < -0.4 is 0 Å². The summed E-state index contributed by atoms with van der Waals surface area (Å²) in [5, 5.41) is 3.90. The van der Waals surface area contributed by atoms with Crippen LogP contribution in [0.5, 0.6) is 0 Å². The predicted octanol–water partition coefficient (Wildman–Crippen LogP) is 1.88. The second kappa shape index (κ2) is 4.63. The van der Waals surface area contributed by atoms with E-state index < -0.39 is 0 Å². The SMILES string of the molecule is CCc1cc(C(=O)N2CCOCC2(C)C2CC2)no1. The first-order valence-electron chi connectivity index (χ1n) is 7.00. The molecule has 0 radical (unpaired) electrons. The van der Waals surface area contributed by atoms with E-state index in [0.717, 1.165) is 12.2 Å². The average Bonchev–Trinajstić information content (AvgIpc) is 3.17. The van der Waals surface area contributed by atoms with Gasteiger partial charge in [-0.3, -0.25) is 4.79 Å². The van der Waals surface area contributed by atoms with Crippen molar-refractivity contribution in [2.75, 3.05) is 19.8 Å². The standard InChI is InChI=1S/C14H20N2O3/c1-3-11-8-12(15-19-11)13(17)16-6-7-18-9-14(16,2)10-4-5-10/h8,10H,3-7,9H2,1-2H3. The molecule has 2 fully saturated rings. The van der Waals surface area contributed by atoms with Crippen molar-refractivity contribution in [3.8, 4) is 0 Å². The van der Waals surface area contributed by atoms with Gasteiger partial charge >= 0.3 is 0 Å². The van der Waals surface area contributed by atoms with Crippen molar-refractivity contribution in [1.29, 1.82) is 0 Å². The van der Waals surface area contributed by atoms with Crippen LogP contribution in [0.15, 0.2) is 10.6 Å². The summed E-state index contributed by atoms with van der Waals surface area (Å²) in [5.41, 5.74) is 0.242. The number of carbonyl (C=O) groups excluding carboxylic acids is 1. The minimum atomic E-state index is -0.180. The van der Waals surface area contributed by atoms with E-state index >= 15 is 0 Å². The van der Waals surface area contributed by atoms with Gasteiger partial charge in [-0.1, -0.05) is 12.1 Å². The van der Waals surface area contributed by atoms with Crippen LogP contribution in [0.4, 0.5) is 0 Å². The molecule has 1 saturated heterocycles. The van der Waals surface area contributed by atoms with Gasteiger partial charge in [-0.2, -0.15) is 0 Å². The second-order valence-corrected chi connectivity index (χ2v) is 5.67. The van der Waals surface area contributed by atoms with E-state index in [1.165, 1.54) is 12.8 Å². The van der Waals surface area contributed by atoms with Gasteiger partial charge in [0.15, 0.2) is 5.69 Å². The molecule has 3 rings (SSSR count). The van der Waals surface area contributed by atoms with Crippen molar-refractivity contribution < 1.29 is 14.1 Å². The fraction of sp³-hybridized carbons (Fsp3) is 0.714. The van der Waals surface area contributed by atoms with Gasteiger partial charge in [-0.05, 0) is 25.7 Å². The summed E-state index contributed by atoms with van der Waals surface area (Å²) < 4.78 is 10.7. The summed E-state index contributed by atoms with van der Waals surface area (Å²) in [6, 6.07) is 1.76. The fourth-order valence-corrected chi connectivity index (χ4v) is 2.86. The molecule has 0 aromatic carbocycles. The van der Waals surface area contributed by atoms with Crippen molar-refractivity contribution >= 4 is 5.91 Å². The maximum absolute atomic E-state index is 12.6. The number of morpholine rings is 1. The minimum absolute atomic E-state index is 0.0267. The summed E-state index contributed by atoms with van der Waals surface area (Å²) in [4.78, 5) is 14.6. The Bertz CT molecular complexity index is 481. The van der Waals surface area contributed by atoms with Gasteiger partial charge in [0.1, 0.15) is 5.76 Å². The van der Waals surface area contributed by atoms with Crippen LogP contribution in [0.3, 0.4) is 0 Å². The number of rotatable bonds is 3. The normalized spacial score (nSPS) is 27.6. The largest absolute Gasteiger partial charge is 0.377 e. The summed E-state index contributed by atoms with van der Waals surface area (Å²) in [6.45, 7) is 5.98. The van der Waals surface area contributed by atoms with Crippen LogP contribution in [0.2, 0.25) is 0 Å². The van der Waals surface area contributed by atoms with Gasteiger partial charge in [0, 0.05) is 19.0 Å². The molecule has 1 aliphatic carbocycles. The zero-order valence-electron chi connectivity index (χ0n) is 11.5. The van der Waals surface area contributed by atoms with Gasteiger partial charge in [-0.15, -0.1) is 0 Å². The maximum atomic E-state index is 12.6. The summed E-state index contributed by atoms with van der Waals surface area (Å²) in [6.07, 6.45) is 3.12.